The maximum atomic E-state index is 12.1. The van der Waals surface area contributed by atoms with Crippen LogP contribution in [0.4, 0.5) is 4.79 Å². The van der Waals surface area contributed by atoms with Gasteiger partial charge < -0.3 is 15.1 Å². The number of likely N-dealkylation sites (N-methyl/N-ethyl adjacent to an activating group) is 1. The van der Waals surface area contributed by atoms with Gasteiger partial charge in [-0.2, -0.15) is 0 Å². The number of hydrogen-bond donors (Lipinski definition) is 1. The van der Waals surface area contributed by atoms with Crippen LogP contribution in [-0.2, 0) is 0 Å². The molecule has 1 N–H and O–H groups in total. The van der Waals surface area contributed by atoms with Crippen molar-refractivity contribution in [2.24, 2.45) is 0 Å². The first kappa shape index (κ1) is 13.8. The number of rotatable bonds is 5. The van der Waals surface area contributed by atoms with Gasteiger partial charge in [-0.1, -0.05) is 0 Å². The molecule has 1 unspecified atom stereocenters. The molecule has 0 saturated carbocycles. The Labute approximate surface area is 120 Å². The Bertz CT molecular complexity index is 423. The van der Waals surface area contributed by atoms with E-state index in [1.807, 2.05) is 30.0 Å². The highest BCUT2D eigenvalue weighted by Gasteiger charge is 2.35. The third kappa shape index (κ3) is 2.87. The largest absolute Gasteiger partial charge is 0.322 e. The molecule has 4 nitrogen and oxygen atoms in total. The van der Waals surface area contributed by atoms with E-state index in [0.717, 1.165) is 29.8 Å². The average molecular weight is 332 g/mol. The predicted octanol–water partition coefficient (Wildman–Crippen LogP) is 2.53. The summed E-state index contributed by atoms with van der Waals surface area (Å²) in [5.74, 6) is 0. The summed E-state index contributed by atoms with van der Waals surface area (Å²) >= 11 is 5.18. The van der Waals surface area contributed by atoms with Crippen molar-refractivity contribution in [3.63, 3.8) is 0 Å². The van der Waals surface area contributed by atoms with Crippen molar-refractivity contribution in [3.8, 4) is 0 Å². The molecule has 0 aliphatic carbocycles. The number of urea groups is 1. The molecule has 6 heteroatoms. The summed E-state index contributed by atoms with van der Waals surface area (Å²) in [6.07, 6.45) is 0.997. The van der Waals surface area contributed by atoms with Crippen LogP contribution in [-0.4, -0.2) is 49.6 Å². The van der Waals surface area contributed by atoms with Gasteiger partial charge in [-0.15, -0.1) is 11.3 Å². The topological polar surface area (TPSA) is 35.6 Å². The molecule has 2 rings (SSSR count). The van der Waals surface area contributed by atoms with Crippen LogP contribution in [0.3, 0.4) is 0 Å². The van der Waals surface area contributed by atoms with Crippen LogP contribution < -0.4 is 5.32 Å². The molecule has 0 spiro atoms. The summed E-state index contributed by atoms with van der Waals surface area (Å²) in [6, 6.07) is 4.48. The standard InChI is InChI=1S/C12H18BrN3OS/c1-14-6-3-7-16-8-9(15(2)12(16)17)10-4-5-11(13)18-10/h4-5,9,14H,3,6-8H2,1-2H3. The van der Waals surface area contributed by atoms with Gasteiger partial charge in [0.25, 0.3) is 0 Å². The quantitative estimate of drug-likeness (QED) is 0.841. The molecule has 0 aromatic carbocycles. The van der Waals surface area contributed by atoms with Gasteiger partial charge in [0.1, 0.15) is 0 Å². The molecule has 1 aromatic rings. The van der Waals surface area contributed by atoms with E-state index in [9.17, 15) is 4.79 Å². The number of carbonyl (C=O) groups excluding carboxylic acids is 1. The van der Waals surface area contributed by atoms with Gasteiger partial charge in [0.05, 0.1) is 9.83 Å². The predicted molar refractivity (Wildman–Crippen MR) is 78.0 cm³/mol. The third-order valence-corrected chi connectivity index (χ3v) is 4.94. The molecule has 1 aliphatic heterocycles. The van der Waals surface area contributed by atoms with Crippen molar-refractivity contribution in [2.75, 3.05) is 33.7 Å². The van der Waals surface area contributed by atoms with E-state index in [4.69, 9.17) is 0 Å². The molecule has 2 amide bonds. The highest BCUT2D eigenvalue weighted by atomic mass is 79.9. The molecule has 1 aliphatic rings. The number of nitrogens with zero attached hydrogens (tertiary/aromatic N) is 2. The van der Waals surface area contributed by atoms with Crippen molar-refractivity contribution in [1.82, 2.24) is 15.1 Å². The molecule has 1 saturated heterocycles. The van der Waals surface area contributed by atoms with E-state index in [0.29, 0.717) is 0 Å². The zero-order chi connectivity index (χ0) is 13.1. The Balaban J connectivity index is 2.00. The second kappa shape index (κ2) is 6.04. The summed E-state index contributed by atoms with van der Waals surface area (Å²) in [4.78, 5) is 17.1. The fraction of sp³-hybridized carbons (Fsp3) is 0.583. The van der Waals surface area contributed by atoms with Gasteiger partial charge in [-0.05, 0) is 48.1 Å². The molecule has 0 radical (unpaired) electrons. The number of thiophene rings is 1. The fourth-order valence-electron chi connectivity index (χ4n) is 2.19. The molecular weight excluding hydrogens is 314 g/mol. The summed E-state index contributed by atoms with van der Waals surface area (Å²) in [5.41, 5.74) is 0. The summed E-state index contributed by atoms with van der Waals surface area (Å²) in [7, 11) is 3.82. The monoisotopic (exact) mass is 331 g/mol. The zero-order valence-electron chi connectivity index (χ0n) is 10.6. The Morgan fingerprint density at radius 1 is 1.56 bits per heavy atom. The van der Waals surface area contributed by atoms with Gasteiger partial charge >= 0.3 is 6.03 Å². The highest BCUT2D eigenvalue weighted by Crippen LogP contribution is 2.34. The van der Waals surface area contributed by atoms with E-state index in [-0.39, 0.29) is 12.1 Å². The molecule has 100 valence electrons. The lowest BCUT2D eigenvalue weighted by atomic mass is 10.2. The molecule has 1 atom stereocenters. The lowest BCUT2D eigenvalue weighted by Crippen LogP contribution is -2.31. The molecule has 1 fully saturated rings. The van der Waals surface area contributed by atoms with Crippen molar-refractivity contribution < 1.29 is 4.79 Å². The van der Waals surface area contributed by atoms with Crippen molar-refractivity contribution in [3.05, 3.63) is 20.8 Å². The molecule has 1 aromatic heterocycles. The van der Waals surface area contributed by atoms with Crippen molar-refractivity contribution >= 4 is 33.3 Å². The van der Waals surface area contributed by atoms with Crippen LogP contribution in [0.25, 0.3) is 0 Å². The Kier molecular flexibility index (Phi) is 4.64. The average Bonchev–Trinajstić information content (AvgIpc) is 2.88. The van der Waals surface area contributed by atoms with Crippen LogP contribution in [0.5, 0.6) is 0 Å². The molecular formula is C12H18BrN3OS. The normalized spacial score (nSPS) is 19.9. The first-order valence-electron chi connectivity index (χ1n) is 6.05. The van der Waals surface area contributed by atoms with Gasteiger partial charge in [-0.25, -0.2) is 4.79 Å². The SMILES string of the molecule is CNCCCN1CC(c2ccc(Br)s2)N(C)C1=O. The third-order valence-electron chi connectivity index (χ3n) is 3.21. The summed E-state index contributed by atoms with van der Waals surface area (Å²) < 4.78 is 1.12. The Morgan fingerprint density at radius 3 is 2.94 bits per heavy atom. The first-order chi connectivity index (χ1) is 8.63. The van der Waals surface area contributed by atoms with Crippen LogP contribution in [0.15, 0.2) is 15.9 Å². The van der Waals surface area contributed by atoms with E-state index >= 15 is 0 Å². The molecule has 2 heterocycles. The number of hydrogen-bond acceptors (Lipinski definition) is 3. The molecule has 18 heavy (non-hydrogen) atoms. The van der Waals surface area contributed by atoms with Crippen LogP contribution >= 0.6 is 27.3 Å². The minimum Gasteiger partial charge on any atom is -0.322 e. The number of nitrogens with one attached hydrogen (secondary N) is 1. The van der Waals surface area contributed by atoms with Crippen LogP contribution in [0.2, 0.25) is 0 Å². The minimum absolute atomic E-state index is 0.139. The number of amides is 2. The van der Waals surface area contributed by atoms with Crippen LogP contribution in [0, 0.1) is 0 Å². The zero-order valence-corrected chi connectivity index (χ0v) is 13.1. The van der Waals surface area contributed by atoms with E-state index < -0.39 is 0 Å². The maximum absolute atomic E-state index is 12.1. The highest BCUT2D eigenvalue weighted by molar-refractivity contribution is 9.11. The molecule has 0 bridgehead atoms. The lowest BCUT2D eigenvalue weighted by molar-refractivity contribution is 0.195. The van der Waals surface area contributed by atoms with Crippen LogP contribution in [0.1, 0.15) is 17.3 Å². The number of carbonyl (C=O) groups is 1. The van der Waals surface area contributed by atoms with E-state index in [1.165, 1.54) is 4.88 Å². The van der Waals surface area contributed by atoms with Crippen molar-refractivity contribution in [2.45, 2.75) is 12.5 Å². The Hall–Kier alpha value is -0.590. The van der Waals surface area contributed by atoms with Gasteiger partial charge in [-0.3, -0.25) is 0 Å². The summed E-state index contributed by atoms with van der Waals surface area (Å²) in [5, 5.41) is 3.11. The van der Waals surface area contributed by atoms with Crippen molar-refractivity contribution in [1.29, 1.82) is 0 Å². The second-order valence-electron chi connectivity index (χ2n) is 4.45. The van der Waals surface area contributed by atoms with Gasteiger partial charge in [0.2, 0.25) is 0 Å². The lowest BCUT2D eigenvalue weighted by Gasteiger charge is -2.16. The minimum atomic E-state index is 0.139. The maximum Gasteiger partial charge on any atom is 0.320 e. The summed E-state index contributed by atoms with van der Waals surface area (Å²) in [6.45, 7) is 2.57. The first-order valence-corrected chi connectivity index (χ1v) is 7.66. The number of halogens is 1. The van der Waals surface area contributed by atoms with Gasteiger partial charge in [0.15, 0.2) is 0 Å². The second-order valence-corrected chi connectivity index (χ2v) is 6.95. The smallest absolute Gasteiger partial charge is 0.320 e. The fourth-order valence-corrected chi connectivity index (χ4v) is 3.75. The van der Waals surface area contributed by atoms with E-state index in [1.54, 1.807) is 11.3 Å². The Morgan fingerprint density at radius 2 is 2.33 bits per heavy atom. The van der Waals surface area contributed by atoms with E-state index in [2.05, 4.69) is 27.3 Å². The van der Waals surface area contributed by atoms with Gasteiger partial charge in [0, 0.05) is 25.0 Å².